The van der Waals surface area contributed by atoms with E-state index in [1.54, 1.807) is 0 Å². The maximum absolute atomic E-state index is 9.00. The number of thiocarbonyl (C=S) groups is 1. The van der Waals surface area contributed by atoms with Gasteiger partial charge in [-0.15, -0.1) is 0 Å². The summed E-state index contributed by atoms with van der Waals surface area (Å²) in [6.07, 6.45) is 0. The Hall–Kier alpha value is -1.01. The normalized spacial score (nSPS) is 12.6. The van der Waals surface area contributed by atoms with Crippen molar-refractivity contribution >= 4 is 17.2 Å². The van der Waals surface area contributed by atoms with Crippen molar-refractivity contribution in [3.8, 4) is 0 Å². The molecule has 0 bridgehead atoms. The molecule has 100 valence electrons. The van der Waals surface area contributed by atoms with E-state index < -0.39 is 0 Å². The molecule has 18 heavy (non-hydrogen) atoms. The summed E-state index contributed by atoms with van der Waals surface area (Å²) in [5.41, 5.74) is 6.85. The predicted molar refractivity (Wildman–Crippen MR) is 76.6 cm³/mol. The second kappa shape index (κ2) is 8.16. The van der Waals surface area contributed by atoms with Gasteiger partial charge in [-0.05, 0) is 5.56 Å². The molecule has 4 nitrogen and oxygen atoms in total. The van der Waals surface area contributed by atoms with Crippen molar-refractivity contribution in [2.24, 2.45) is 5.73 Å². The number of aliphatic hydroxyl groups excluding tert-OH is 2. The molecule has 1 unspecified atom stereocenters. The van der Waals surface area contributed by atoms with Gasteiger partial charge in [0, 0.05) is 25.6 Å². The third-order valence-electron chi connectivity index (χ3n) is 2.82. The molecule has 0 aliphatic heterocycles. The Kier molecular flexibility index (Phi) is 6.82. The highest BCUT2D eigenvalue weighted by atomic mass is 32.1. The van der Waals surface area contributed by atoms with Gasteiger partial charge in [-0.2, -0.15) is 0 Å². The van der Waals surface area contributed by atoms with Crippen LogP contribution in [0.5, 0.6) is 0 Å². The van der Waals surface area contributed by atoms with Crippen LogP contribution in [0.1, 0.15) is 11.5 Å². The van der Waals surface area contributed by atoms with Crippen molar-refractivity contribution in [1.82, 2.24) is 4.90 Å². The highest BCUT2D eigenvalue weighted by Gasteiger charge is 2.18. The van der Waals surface area contributed by atoms with Gasteiger partial charge in [0.15, 0.2) is 0 Å². The van der Waals surface area contributed by atoms with Crippen molar-refractivity contribution in [3.63, 3.8) is 0 Å². The minimum Gasteiger partial charge on any atom is -0.395 e. The Bertz CT molecular complexity index is 353. The molecule has 1 atom stereocenters. The molecule has 1 rings (SSSR count). The molecule has 4 N–H and O–H groups in total. The lowest BCUT2D eigenvalue weighted by atomic mass is 9.98. The Morgan fingerprint density at radius 1 is 1.17 bits per heavy atom. The van der Waals surface area contributed by atoms with E-state index in [1.807, 2.05) is 35.2 Å². The zero-order valence-electron chi connectivity index (χ0n) is 10.3. The molecular weight excluding hydrogens is 248 g/mol. The molecule has 0 spiro atoms. The third-order valence-corrected chi connectivity index (χ3v) is 3.10. The van der Waals surface area contributed by atoms with Crippen LogP contribution in [0.2, 0.25) is 0 Å². The van der Waals surface area contributed by atoms with Gasteiger partial charge in [0.2, 0.25) is 0 Å². The largest absolute Gasteiger partial charge is 0.395 e. The lowest BCUT2D eigenvalue weighted by Crippen LogP contribution is -2.37. The quantitative estimate of drug-likeness (QED) is 0.593. The van der Waals surface area contributed by atoms with E-state index in [4.69, 9.17) is 28.2 Å². The van der Waals surface area contributed by atoms with Gasteiger partial charge in [-0.1, -0.05) is 42.5 Å². The first-order valence-electron chi connectivity index (χ1n) is 5.97. The number of aliphatic hydroxyl groups is 2. The summed E-state index contributed by atoms with van der Waals surface area (Å²) in [6, 6.07) is 9.81. The summed E-state index contributed by atoms with van der Waals surface area (Å²) in [5.74, 6) is -0.0562. The molecule has 0 saturated heterocycles. The molecule has 5 heteroatoms. The maximum atomic E-state index is 9.00. The molecule has 0 aliphatic carbocycles. The van der Waals surface area contributed by atoms with Gasteiger partial charge in [0.25, 0.3) is 0 Å². The average molecular weight is 268 g/mol. The van der Waals surface area contributed by atoms with Crippen LogP contribution in [0, 0.1) is 0 Å². The number of hydrogen-bond acceptors (Lipinski definition) is 4. The molecule has 0 aromatic heterocycles. The molecule has 0 saturated carbocycles. The number of benzene rings is 1. The van der Waals surface area contributed by atoms with E-state index in [1.165, 1.54) is 0 Å². The second-order valence-corrected chi connectivity index (χ2v) is 4.58. The van der Waals surface area contributed by atoms with Gasteiger partial charge in [0.1, 0.15) is 0 Å². The molecule has 1 aromatic rings. The first kappa shape index (κ1) is 15.0. The first-order chi connectivity index (χ1) is 8.69. The van der Waals surface area contributed by atoms with E-state index in [2.05, 4.69) is 0 Å². The van der Waals surface area contributed by atoms with Gasteiger partial charge in [0.05, 0.1) is 18.2 Å². The maximum Gasteiger partial charge on any atom is 0.0816 e. The Balaban J connectivity index is 2.76. The number of hydrogen-bond donors (Lipinski definition) is 3. The monoisotopic (exact) mass is 268 g/mol. The molecule has 0 radical (unpaired) electrons. The molecule has 0 amide bonds. The summed E-state index contributed by atoms with van der Waals surface area (Å²) in [6.45, 7) is 1.73. The molecule has 0 aliphatic rings. The topological polar surface area (TPSA) is 69.7 Å². The van der Waals surface area contributed by atoms with E-state index >= 15 is 0 Å². The van der Waals surface area contributed by atoms with E-state index in [0.717, 1.165) is 5.56 Å². The Morgan fingerprint density at radius 3 is 2.17 bits per heavy atom. The van der Waals surface area contributed by atoms with E-state index in [9.17, 15) is 0 Å². The SMILES string of the molecule is NC(=S)C(CN(CCO)CCO)c1ccccc1. The van der Waals surface area contributed by atoms with Crippen molar-refractivity contribution < 1.29 is 10.2 Å². The minimum atomic E-state index is -0.0562. The summed E-state index contributed by atoms with van der Waals surface area (Å²) in [5, 5.41) is 18.0. The van der Waals surface area contributed by atoms with Crippen molar-refractivity contribution in [3.05, 3.63) is 35.9 Å². The fourth-order valence-corrected chi connectivity index (χ4v) is 2.09. The highest BCUT2D eigenvalue weighted by Crippen LogP contribution is 2.17. The lowest BCUT2D eigenvalue weighted by Gasteiger charge is -2.26. The van der Waals surface area contributed by atoms with Crippen LogP contribution in [0.4, 0.5) is 0 Å². The van der Waals surface area contributed by atoms with Crippen LogP contribution in [-0.4, -0.2) is 52.9 Å². The van der Waals surface area contributed by atoms with Crippen LogP contribution < -0.4 is 5.73 Å². The smallest absolute Gasteiger partial charge is 0.0816 e. The summed E-state index contributed by atoms with van der Waals surface area (Å²) >= 11 is 5.11. The molecule has 0 fully saturated rings. The standard InChI is InChI=1S/C13H20N2O2S/c14-13(18)12(11-4-2-1-3-5-11)10-15(6-8-16)7-9-17/h1-5,12,16-17H,6-10H2,(H2,14,18). The van der Waals surface area contributed by atoms with Crippen LogP contribution in [0.15, 0.2) is 30.3 Å². The minimum absolute atomic E-state index is 0.0544. The van der Waals surface area contributed by atoms with Crippen LogP contribution in [0.3, 0.4) is 0 Å². The van der Waals surface area contributed by atoms with Gasteiger partial charge < -0.3 is 15.9 Å². The Morgan fingerprint density at radius 2 is 1.72 bits per heavy atom. The van der Waals surface area contributed by atoms with Gasteiger partial charge in [-0.3, -0.25) is 4.90 Å². The van der Waals surface area contributed by atoms with Gasteiger partial charge in [-0.25, -0.2) is 0 Å². The predicted octanol–water partition coefficient (Wildman–Crippen LogP) is 0.343. The first-order valence-corrected chi connectivity index (χ1v) is 6.38. The number of nitrogens with two attached hydrogens (primary N) is 1. The fraction of sp³-hybridized carbons (Fsp3) is 0.462. The van der Waals surface area contributed by atoms with Crippen molar-refractivity contribution in [1.29, 1.82) is 0 Å². The number of nitrogens with zero attached hydrogens (tertiary/aromatic N) is 1. The van der Waals surface area contributed by atoms with Crippen LogP contribution in [-0.2, 0) is 0 Å². The third kappa shape index (κ3) is 4.70. The number of rotatable bonds is 8. The molecule has 1 aromatic carbocycles. The van der Waals surface area contributed by atoms with E-state index in [0.29, 0.717) is 24.6 Å². The summed E-state index contributed by atoms with van der Waals surface area (Å²) in [7, 11) is 0. The lowest BCUT2D eigenvalue weighted by molar-refractivity contribution is 0.160. The van der Waals surface area contributed by atoms with Crippen molar-refractivity contribution in [2.75, 3.05) is 32.8 Å². The van der Waals surface area contributed by atoms with E-state index in [-0.39, 0.29) is 19.1 Å². The molecule has 0 heterocycles. The zero-order valence-corrected chi connectivity index (χ0v) is 11.1. The zero-order chi connectivity index (χ0) is 13.4. The summed E-state index contributed by atoms with van der Waals surface area (Å²) in [4.78, 5) is 2.39. The highest BCUT2D eigenvalue weighted by molar-refractivity contribution is 7.80. The van der Waals surface area contributed by atoms with Gasteiger partial charge >= 0.3 is 0 Å². The summed E-state index contributed by atoms with van der Waals surface area (Å²) < 4.78 is 0. The second-order valence-electron chi connectivity index (χ2n) is 4.11. The average Bonchev–Trinajstić information content (AvgIpc) is 2.37. The fourth-order valence-electron chi connectivity index (χ4n) is 1.88. The van der Waals surface area contributed by atoms with Crippen LogP contribution >= 0.6 is 12.2 Å². The van der Waals surface area contributed by atoms with Crippen molar-refractivity contribution in [2.45, 2.75) is 5.92 Å². The Labute approximate surface area is 113 Å². The molecular formula is C13H20N2O2S. The van der Waals surface area contributed by atoms with Crippen LogP contribution in [0.25, 0.3) is 0 Å².